The highest BCUT2D eigenvalue weighted by molar-refractivity contribution is 9.10. The van der Waals surface area contributed by atoms with E-state index in [2.05, 4.69) is 26.0 Å². The first-order chi connectivity index (χ1) is 9.96. The molecular formula is C14H17BrN2O2S2. The van der Waals surface area contributed by atoms with Crippen LogP contribution in [0, 0.1) is 0 Å². The predicted molar refractivity (Wildman–Crippen MR) is 91.4 cm³/mol. The highest BCUT2D eigenvalue weighted by atomic mass is 79.9. The van der Waals surface area contributed by atoms with Crippen LogP contribution in [0.1, 0.15) is 17.4 Å². The second-order valence-electron chi connectivity index (χ2n) is 4.51. The molecule has 1 aromatic heterocycles. The third-order valence-corrected chi connectivity index (χ3v) is 6.38. The van der Waals surface area contributed by atoms with Crippen LogP contribution >= 0.6 is 27.3 Å². The first kappa shape index (κ1) is 16.5. The lowest BCUT2D eigenvalue weighted by molar-refractivity contribution is 0.603. The molecule has 0 fully saturated rings. The maximum absolute atomic E-state index is 12.4. The molecule has 0 unspecified atom stereocenters. The maximum Gasteiger partial charge on any atom is 0.271 e. The Morgan fingerprint density at radius 2 is 2.00 bits per heavy atom. The fraction of sp³-hybridized carbons (Fsp3) is 0.286. The third-order valence-electron chi connectivity index (χ3n) is 2.95. The van der Waals surface area contributed by atoms with Crippen LogP contribution in [0.25, 0.3) is 0 Å². The summed E-state index contributed by atoms with van der Waals surface area (Å²) in [6.07, 6.45) is 0.757. The molecule has 0 radical (unpaired) electrons. The topological polar surface area (TPSA) is 58.2 Å². The van der Waals surface area contributed by atoms with E-state index in [9.17, 15) is 8.42 Å². The zero-order valence-corrected chi connectivity index (χ0v) is 15.0. The van der Waals surface area contributed by atoms with Crippen molar-refractivity contribution < 1.29 is 8.42 Å². The number of sulfonamides is 1. The van der Waals surface area contributed by atoms with E-state index in [4.69, 9.17) is 0 Å². The Morgan fingerprint density at radius 1 is 1.24 bits per heavy atom. The van der Waals surface area contributed by atoms with Crippen LogP contribution in [0.2, 0.25) is 0 Å². The molecule has 4 nitrogen and oxygen atoms in total. The van der Waals surface area contributed by atoms with Gasteiger partial charge in [-0.2, -0.15) is 0 Å². The number of hydrogen-bond acceptors (Lipinski definition) is 4. The van der Waals surface area contributed by atoms with E-state index in [1.54, 1.807) is 12.1 Å². The quantitative estimate of drug-likeness (QED) is 0.794. The lowest BCUT2D eigenvalue weighted by Gasteiger charge is -2.11. The molecule has 0 saturated carbocycles. The molecule has 0 saturated heterocycles. The summed E-state index contributed by atoms with van der Waals surface area (Å²) in [5, 5.41) is 3.01. The molecule has 0 aliphatic heterocycles. The summed E-state index contributed by atoms with van der Waals surface area (Å²) in [7, 11) is -1.70. The third kappa shape index (κ3) is 4.06. The molecule has 2 rings (SSSR count). The van der Waals surface area contributed by atoms with Crippen molar-refractivity contribution in [3.05, 3.63) is 45.2 Å². The van der Waals surface area contributed by atoms with Crippen molar-refractivity contribution in [1.82, 2.24) is 5.32 Å². The number of nitrogens with one attached hydrogen (secondary N) is 2. The standard InChI is InChI=1S/C14H17BrN2O2S2/c1-3-10-8-11(15)4-6-13(10)17-21(18,19)14-7-5-12(20-14)9-16-2/h4-8,16-17H,3,9H2,1-2H3. The average molecular weight is 389 g/mol. The first-order valence-electron chi connectivity index (χ1n) is 6.51. The lowest BCUT2D eigenvalue weighted by atomic mass is 10.1. The van der Waals surface area contributed by atoms with Gasteiger partial charge in [-0.3, -0.25) is 4.72 Å². The zero-order valence-electron chi connectivity index (χ0n) is 11.8. The summed E-state index contributed by atoms with van der Waals surface area (Å²) < 4.78 is 28.8. The zero-order chi connectivity index (χ0) is 15.5. The van der Waals surface area contributed by atoms with Gasteiger partial charge >= 0.3 is 0 Å². The second-order valence-corrected chi connectivity index (χ2v) is 8.50. The van der Waals surface area contributed by atoms with Crippen molar-refractivity contribution in [2.75, 3.05) is 11.8 Å². The molecule has 2 aromatic rings. The summed E-state index contributed by atoms with van der Waals surface area (Å²) >= 11 is 4.68. The van der Waals surface area contributed by atoms with Crippen LogP contribution in [0.4, 0.5) is 5.69 Å². The van der Waals surface area contributed by atoms with Gasteiger partial charge < -0.3 is 5.32 Å². The summed E-state index contributed by atoms with van der Waals surface area (Å²) in [6.45, 7) is 2.66. The molecule has 0 aliphatic rings. The number of anilines is 1. The number of thiophene rings is 1. The van der Waals surface area contributed by atoms with E-state index in [1.807, 2.05) is 32.2 Å². The number of benzene rings is 1. The van der Waals surface area contributed by atoms with Gasteiger partial charge in [0.2, 0.25) is 0 Å². The molecule has 0 spiro atoms. The van der Waals surface area contributed by atoms with Crippen LogP contribution < -0.4 is 10.0 Å². The van der Waals surface area contributed by atoms with Crippen LogP contribution in [-0.4, -0.2) is 15.5 Å². The fourth-order valence-electron chi connectivity index (χ4n) is 1.92. The Kier molecular flexibility index (Phi) is 5.43. The van der Waals surface area contributed by atoms with Gasteiger partial charge in [0.25, 0.3) is 10.0 Å². The fourth-order valence-corrected chi connectivity index (χ4v) is 4.80. The maximum atomic E-state index is 12.4. The van der Waals surface area contributed by atoms with Crippen molar-refractivity contribution >= 4 is 43.0 Å². The van der Waals surface area contributed by atoms with Crippen molar-refractivity contribution in [3.63, 3.8) is 0 Å². The van der Waals surface area contributed by atoms with Gasteiger partial charge in [-0.1, -0.05) is 22.9 Å². The smallest absolute Gasteiger partial charge is 0.271 e. The van der Waals surface area contributed by atoms with Gasteiger partial charge in [0.1, 0.15) is 4.21 Å². The molecular weight excluding hydrogens is 372 g/mol. The minimum absolute atomic E-state index is 0.331. The normalized spacial score (nSPS) is 11.6. The van der Waals surface area contributed by atoms with Crippen molar-refractivity contribution in [3.8, 4) is 0 Å². The molecule has 21 heavy (non-hydrogen) atoms. The van der Waals surface area contributed by atoms with Crippen LogP contribution in [0.15, 0.2) is 39.0 Å². The Balaban J connectivity index is 2.28. The van der Waals surface area contributed by atoms with Gasteiger partial charge in [0.05, 0.1) is 5.69 Å². The van der Waals surface area contributed by atoms with Gasteiger partial charge in [0, 0.05) is 15.9 Å². The number of aryl methyl sites for hydroxylation is 1. The van der Waals surface area contributed by atoms with E-state index in [1.165, 1.54) is 11.3 Å². The van der Waals surface area contributed by atoms with Crippen molar-refractivity contribution in [1.29, 1.82) is 0 Å². The summed E-state index contributed by atoms with van der Waals surface area (Å²) in [4.78, 5) is 0.990. The minimum atomic E-state index is -3.53. The Labute approximate surface area is 137 Å². The molecule has 1 aromatic carbocycles. The molecule has 0 atom stereocenters. The second kappa shape index (κ2) is 6.91. The van der Waals surface area contributed by atoms with Gasteiger partial charge in [-0.05, 0) is 49.4 Å². The highest BCUT2D eigenvalue weighted by Gasteiger charge is 2.18. The monoisotopic (exact) mass is 388 g/mol. The molecule has 1 heterocycles. The number of hydrogen-bond donors (Lipinski definition) is 2. The number of halogens is 1. The molecule has 0 amide bonds. The Bertz CT molecular complexity index is 726. The number of rotatable bonds is 6. The van der Waals surface area contributed by atoms with Gasteiger partial charge in [-0.25, -0.2) is 8.42 Å². The summed E-state index contributed by atoms with van der Waals surface area (Å²) in [6, 6.07) is 9.02. The summed E-state index contributed by atoms with van der Waals surface area (Å²) in [5.41, 5.74) is 1.59. The molecule has 0 bridgehead atoms. The average Bonchev–Trinajstić information content (AvgIpc) is 2.90. The first-order valence-corrected chi connectivity index (χ1v) is 9.60. The molecule has 2 N–H and O–H groups in total. The van der Waals surface area contributed by atoms with Crippen molar-refractivity contribution in [2.24, 2.45) is 0 Å². The highest BCUT2D eigenvalue weighted by Crippen LogP contribution is 2.27. The van der Waals surface area contributed by atoms with E-state index in [0.29, 0.717) is 16.4 Å². The van der Waals surface area contributed by atoms with E-state index < -0.39 is 10.0 Å². The Morgan fingerprint density at radius 3 is 2.67 bits per heavy atom. The van der Waals surface area contributed by atoms with E-state index in [0.717, 1.165) is 21.3 Å². The van der Waals surface area contributed by atoms with Crippen LogP contribution in [0.5, 0.6) is 0 Å². The van der Waals surface area contributed by atoms with Gasteiger partial charge in [0.15, 0.2) is 0 Å². The largest absolute Gasteiger partial charge is 0.315 e. The van der Waals surface area contributed by atoms with E-state index >= 15 is 0 Å². The minimum Gasteiger partial charge on any atom is -0.315 e. The van der Waals surface area contributed by atoms with Crippen LogP contribution in [-0.2, 0) is 23.0 Å². The van der Waals surface area contributed by atoms with Crippen LogP contribution in [0.3, 0.4) is 0 Å². The van der Waals surface area contributed by atoms with Crippen molar-refractivity contribution in [2.45, 2.75) is 24.1 Å². The molecule has 114 valence electrons. The Hall–Kier alpha value is -0.890. The molecule has 7 heteroatoms. The van der Waals surface area contributed by atoms with Gasteiger partial charge in [-0.15, -0.1) is 11.3 Å². The SMILES string of the molecule is CCc1cc(Br)ccc1NS(=O)(=O)c1ccc(CNC)s1. The van der Waals surface area contributed by atoms with E-state index in [-0.39, 0.29) is 0 Å². The molecule has 0 aliphatic carbocycles. The lowest BCUT2D eigenvalue weighted by Crippen LogP contribution is -2.12. The summed E-state index contributed by atoms with van der Waals surface area (Å²) in [5.74, 6) is 0. The predicted octanol–water partition coefficient (Wildman–Crippen LogP) is 3.59.